The molecule has 1 aromatic rings. The topological polar surface area (TPSA) is 51.2 Å². The lowest BCUT2D eigenvalue weighted by atomic mass is 10.2. The molecule has 1 rings (SSSR count). The van der Waals surface area contributed by atoms with Gasteiger partial charge in [0.2, 0.25) is 5.95 Å². The Balaban J connectivity index is 2.73. The van der Waals surface area contributed by atoms with Crippen molar-refractivity contribution < 1.29 is 13.9 Å². The number of anilines is 1. The van der Waals surface area contributed by atoms with Crippen LogP contribution in [0.5, 0.6) is 0 Å². The van der Waals surface area contributed by atoms with Gasteiger partial charge in [-0.15, -0.1) is 0 Å². The maximum Gasteiger partial charge on any atom is 0.412 e. The van der Waals surface area contributed by atoms with Crippen LogP contribution in [0.25, 0.3) is 0 Å². The summed E-state index contributed by atoms with van der Waals surface area (Å²) in [6.45, 7) is 5.17. The largest absolute Gasteiger partial charge is 0.444 e. The average molecular weight is 247 g/mol. The fraction of sp³-hybridized carbons (Fsp3) is 0.400. The van der Waals surface area contributed by atoms with Crippen molar-refractivity contribution in [3.05, 3.63) is 23.2 Å². The van der Waals surface area contributed by atoms with Crippen molar-refractivity contribution >= 4 is 23.4 Å². The first-order valence-electron chi connectivity index (χ1n) is 4.59. The summed E-state index contributed by atoms with van der Waals surface area (Å²) >= 11 is 5.71. The molecule has 0 saturated heterocycles. The molecule has 0 bridgehead atoms. The lowest BCUT2D eigenvalue weighted by molar-refractivity contribution is 0.0636. The fourth-order valence-corrected chi connectivity index (χ4v) is 1.07. The summed E-state index contributed by atoms with van der Waals surface area (Å²) in [7, 11) is 0. The van der Waals surface area contributed by atoms with Gasteiger partial charge in [0.05, 0.1) is 16.9 Å². The van der Waals surface area contributed by atoms with Gasteiger partial charge in [-0.3, -0.25) is 5.32 Å². The second-order valence-electron chi connectivity index (χ2n) is 4.11. The molecule has 0 aliphatic carbocycles. The summed E-state index contributed by atoms with van der Waals surface area (Å²) in [5, 5.41) is 2.48. The molecule has 0 atom stereocenters. The highest BCUT2D eigenvalue weighted by molar-refractivity contribution is 6.33. The number of nitrogens with one attached hydrogen (secondary N) is 1. The van der Waals surface area contributed by atoms with Crippen LogP contribution in [0, 0.1) is 5.95 Å². The van der Waals surface area contributed by atoms with E-state index in [4.69, 9.17) is 16.3 Å². The lowest BCUT2D eigenvalue weighted by Gasteiger charge is -2.19. The van der Waals surface area contributed by atoms with Crippen LogP contribution in [-0.2, 0) is 4.74 Å². The van der Waals surface area contributed by atoms with E-state index in [1.807, 2.05) is 0 Å². The minimum Gasteiger partial charge on any atom is -0.444 e. The first-order valence-corrected chi connectivity index (χ1v) is 4.97. The Kier molecular flexibility index (Phi) is 3.70. The lowest BCUT2D eigenvalue weighted by Crippen LogP contribution is -2.27. The van der Waals surface area contributed by atoms with Crippen molar-refractivity contribution in [2.75, 3.05) is 5.32 Å². The molecule has 6 heteroatoms. The van der Waals surface area contributed by atoms with Gasteiger partial charge in [-0.2, -0.15) is 4.39 Å². The molecule has 0 fully saturated rings. The van der Waals surface area contributed by atoms with Gasteiger partial charge in [-0.1, -0.05) is 11.6 Å². The van der Waals surface area contributed by atoms with Crippen LogP contribution in [0.15, 0.2) is 12.3 Å². The summed E-state index contributed by atoms with van der Waals surface area (Å²) in [5.74, 6) is -0.726. The van der Waals surface area contributed by atoms with Crippen LogP contribution >= 0.6 is 11.6 Å². The van der Waals surface area contributed by atoms with Crippen LogP contribution in [0.1, 0.15) is 20.8 Å². The third kappa shape index (κ3) is 4.02. The molecule has 0 saturated carbocycles. The molecule has 1 heterocycles. The molecule has 0 spiro atoms. The number of rotatable bonds is 1. The molecular formula is C10H12ClFN2O2. The van der Waals surface area contributed by atoms with E-state index in [1.165, 1.54) is 0 Å². The highest BCUT2D eigenvalue weighted by Gasteiger charge is 2.17. The van der Waals surface area contributed by atoms with Crippen molar-refractivity contribution in [1.29, 1.82) is 0 Å². The third-order valence-corrected chi connectivity index (χ3v) is 1.76. The minimum atomic E-state index is -0.726. The van der Waals surface area contributed by atoms with Gasteiger partial charge < -0.3 is 4.74 Å². The molecule has 88 valence electrons. The maximum absolute atomic E-state index is 12.8. The zero-order valence-electron chi connectivity index (χ0n) is 9.17. The number of ether oxygens (including phenoxy) is 1. The normalized spacial score (nSPS) is 11.1. The van der Waals surface area contributed by atoms with E-state index in [2.05, 4.69) is 10.3 Å². The Morgan fingerprint density at radius 1 is 1.56 bits per heavy atom. The third-order valence-electron chi connectivity index (χ3n) is 1.46. The van der Waals surface area contributed by atoms with Crippen molar-refractivity contribution in [1.82, 2.24) is 4.98 Å². The van der Waals surface area contributed by atoms with Crippen molar-refractivity contribution in [2.24, 2.45) is 0 Å². The standard InChI is InChI=1S/C10H12ClFN2O2/c1-10(2,3)16-9(15)14-7-4-8(12)13-5-6(7)11/h4-5H,1-3H3,(H,13,14,15). The van der Waals surface area contributed by atoms with Crippen LogP contribution in [0.4, 0.5) is 14.9 Å². The SMILES string of the molecule is CC(C)(C)OC(=O)Nc1cc(F)ncc1Cl. The Morgan fingerprint density at radius 2 is 2.19 bits per heavy atom. The van der Waals surface area contributed by atoms with Gasteiger partial charge in [-0.25, -0.2) is 9.78 Å². The number of halogens is 2. The van der Waals surface area contributed by atoms with E-state index in [0.717, 1.165) is 12.3 Å². The number of aromatic nitrogens is 1. The van der Waals surface area contributed by atoms with Crippen molar-refractivity contribution in [3.63, 3.8) is 0 Å². The van der Waals surface area contributed by atoms with Crippen LogP contribution in [0.3, 0.4) is 0 Å². The van der Waals surface area contributed by atoms with Crippen LogP contribution in [-0.4, -0.2) is 16.7 Å². The summed E-state index contributed by atoms with van der Waals surface area (Å²) < 4.78 is 17.8. The number of hydrogen-bond donors (Lipinski definition) is 1. The smallest absolute Gasteiger partial charge is 0.412 e. The number of nitrogens with zero attached hydrogens (tertiary/aromatic N) is 1. The summed E-state index contributed by atoms with van der Waals surface area (Å²) in [4.78, 5) is 14.7. The van der Waals surface area contributed by atoms with Gasteiger partial charge in [0, 0.05) is 6.07 Å². The molecule has 1 N–H and O–H groups in total. The van der Waals surface area contributed by atoms with Gasteiger partial charge in [0.1, 0.15) is 5.60 Å². The van der Waals surface area contributed by atoms with Crippen molar-refractivity contribution in [3.8, 4) is 0 Å². The van der Waals surface area contributed by atoms with E-state index in [0.29, 0.717) is 0 Å². The number of amides is 1. The Labute approximate surface area is 97.8 Å². The fourth-order valence-electron chi connectivity index (χ4n) is 0.923. The molecule has 0 aliphatic heterocycles. The van der Waals surface area contributed by atoms with E-state index in [9.17, 15) is 9.18 Å². The number of pyridine rings is 1. The molecule has 0 unspecified atom stereocenters. The number of carbonyl (C=O) groups excluding carboxylic acids is 1. The Bertz CT molecular complexity index is 404. The molecule has 4 nitrogen and oxygen atoms in total. The first kappa shape index (κ1) is 12.7. The van der Waals surface area contributed by atoms with Gasteiger partial charge >= 0.3 is 6.09 Å². The van der Waals surface area contributed by atoms with E-state index in [1.54, 1.807) is 20.8 Å². The second kappa shape index (κ2) is 4.65. The molecule has 1 amide bonds. The van der Waals surface area contributed by atoms with E-state index >= 15 is 0 Å². The predicted molar refractivity (Wildman–Crippen MR) is 59.1 cm³/mol. The monoisotopic (exact) mass is 246 g/mol. The van der Waals surface area contributed by atoms with E-state index < -0.39 is 17.6 Å². The molecule has 0 radical (unpaired) electrons. The van der Waals surface area contributed by atoms with Gasteiger partial charge in [-0.05, 0) is 20.8 Å². The molecular weight excluding hydrogens is 235 g/mol. The first-order chi connectivity index (χ1) is 7.28. The highest BCUT2D eigenvalue weighted by atomic mass is 35.5. The van der Waals surface area contributed by atoms with Gasteiger partial charge in [0.15, 0.2) is 0 Å². The highest BCUT2D eigenvalue weighted by Crippen LogP contribution is 2.21. The van der Waals surface area contributed by atoms with Crippen LogP contribution < -0.4 is 5.32 Å². The van der Waals surface area contributed by atoms with Crippen molar-refractivity contribution in [2.45, 2.75) is 26.4 Å². The summed E-state index contributed by atoms with van der Waals surface area (Å²) in [6.07, 6.45) is 0.420. The van der Waals surface area contributed by atoms with Crippen LogP contribution in [0.2, 0.25) is 5.02 Å². The quantitative estimate of drug-likeness (QED) is 0.774. The predicted octanol–water partition coefficient (Wildman–Crippen LogP) is 3.22. The molecule has 0 aliphatic rings. The zero-order chi connectivity index (χ0) is 12.3. The number of carbonyl (C=O) groups is 1. The van der Waals surface area contributed by atoms with E-state index in [-0.39, 0.29) is 10.7 Å². The molecule has 1 aromatic heterocycles. The number of hydrogen-bond acceptors (Lipinski definition) is 3. The second-order valence-corrected chi connectivity index (χ2v) is 4.52. The van der Waals surface area contributed by atoms with Gasteiger partial charge in [0.25, 0.3) is 0 Å². The summed E-state index contributed by atoms with van der Waals surface area (Å²) in [6, 6.07) is 1.02. The molecule has 16 heavy (non-hydrogen) atoms. The zero-order valence-corrected chi connectivity index (χ0v) is 9.93. The Morgan fingerprint density at radius 3 is 2.75 bits per heavy atom. The maximum atomic E-state index is 12.8. The Hall–Kier alpha value is -1.36. The average Bonchev–Trinajstić information content (AvgIpc) is 2.08. The molecule has 0 aromatic carbocycles. The minimum absolute atomic E-state index is 0.128. The summed E-state index contributed by atoms with van der Waals surface area (Å²) in [5.41, 5.74) is -0.495.